The topological polar surface area (TPSA) is 84.5 Å². The molecule has 30 heavy (non-hydrogen) atoms. The number of hydrogen-bond donors (Lipinski definition) is 1. The monoisotopic (exact) mass is 433 g/mol. The Hall–Kier alpha value is -1.92. The number of hydrogen-bond acceptors (Lipinski definition) is 7. The van der Waals surface area contributed by atoms with Crippen LogP contribution in [-0.2, 0) is 28.5 Å². The molecule has 0 bridgehead atoms. The molecule has 0 aromatic heterocycles. The zero-order valence-electron chi connectivity index (χ0n) is 16.7. The molecule has 1 N–H and O–H groups in total. The van der Waals surface area contributed by atoms with Crippen LogP contribution in [-0.4, -0.2) is 54.5 Å². The van der Waals surface area contributed by atoms with E-state index in [0.29, 0.717) is 0 Å². The Morgan fingerprint density at radius 2 is 1.50 bits per heavy atom. The Morgan fingerprint density at radius 3 is 2.13 bits per heavy atom. The predicted octanol–water partition coefficient (Wildman–Crippen LogP) is 2.92. The van der Waals surface area contributed by atoms with Gasteiger partial charge in [0.2, 0.25) is 0 Å². The van der Waals surface area contributed by atoms with Gasteiger partial charge in [-0.1, -0.05) is 0 Å². The maximum atomic E-state index is 12.9. The third-order valence-corrected chi connectivity index (χ3v) is 4.77. The first-order valence-electron chi connectivity index (χ1n) is 9.35. The zero-order chi connectivity index (χ0) is 21.9. The first-order valence-corrected chi connectivity index (χ1v) is 9.35. The minimum atomic E-state index is -4.80. The lowest BCUT2D eigenvalue weighted by Gasteiger charge is -2.36. The molecule has 0 aliphatic carbocycles. The van der Waals surface area contributed by atoms with E-state index in [0.717, 1.165) is 12.1 Å². The Morgan fingerprint density at radius 1 is 0.933 bits per heavy atom. The molecule has 0 saturated carbocycles. The van der Waals surface area contributed by atoms with Gasteiger partial charge in [-0.15, -0.1) is 13.2 Å². The quantitative estimate of drug-likeness (QED) is 0.785. The van der Waals surface area contributed by atoms with E-state index in [1.807, 2.05) is 0 Å². The van der Waals surface area contributed by atoms with Crippen LogP contribution in [0.1, 0.15) is 27.7 Å². The smallest absolute Gasteiger partial charge is 0.406 e. The second kappa shape index (κ2) is 7.06. The van der Waals surface area contributed by atoms with Crippen molar-refractivity contribution < 1.29 is 46.4 Å². The van der Waals surface area contributed by atoms with Crippen molar-refractivity contribution in [3.63, 3.8) is 0 Å². The molecule has 166 valence electrons. The van der Waals surface area contributed by atoms with Crippen molar-refractivity contribution in [2.45, 2.75) is 76.3 Å². The minimum Gasteiger partial charge on any atom is -0.406 e. The molecule has 3 heterocycles. The van der Waals surface area contributed by atoms with Crippen molar-refractivity contribution >= 4 is 11.6 Å². The molecule has 3 saturated heterocycles. The Kier molecular flexibility index (Phi) is 5.02. The van der Waals surface area contributed by atoms with Crippen molar-refractivity contribution in [3.05, 3.63) is 24.3 Å². The average molecular weight is 433 g/mol. The van der Waals surface area contributed by atoms with Gasteiger partial charge in [0.25, 0.3) is 5.91 Å². The summed E-state index contributed by atoms with van der Waals surface area (Å²) in [6, 6.07) is 4.77. The van der Waals surface area contributed by atoms with E-state index >= 15 is 0 Å². The van der Waals surface area contributed by atoms with E-state index in [2.05, 4.69) is 10.1 Å². The molecule has 5 atom stereocenters. The fraction of sp³-hybridized carbons (Fsp3) is 0.632. The highest BCUT2D eigenvalue weighted by atomic mass is 19.4. The molecule has 3 fully saturated rings. The van der Waals surface area contributed by atoms with Gasteiger partial charge in [-0.3, -0.25) is 4.79 Å². The van der Waals surface area contributed by atoms with Crippen LogP contribution >= 0.6 is 0 Å². The lowest BCUT2D eigenvalue weighted by molar-refractivity contribution is -0.274. The second-order valence-corrected chi connectivity index (χ2v) is 8.15. The van der Waals surface area contributed by atoms with E-state index < -0.39 is 60.3 Å². The van der Waals surface area contributed by atoms with E-state index in [9.17, 15) is 18.0 Å². The number of carbonyl (C=O) groups is 1. The summed E-state index contributed by atoms with van der Waals surface area (Å²) in [6.45, 7) is 6.89. The van der Waals surface area contributed by atoms with Crippen LogP contribution in [0.4, 0.5) is 18.9 Å². The summed E-state index contributed by atoms with van der Waals surface area (Å²) in [7, 11) is 0. The normalized spacial score (nSPS) is 34.2. The van der Waals surface area contributed by atoms with E-state index in [4.69, 9.17) is 23.7 Å². The maximum Gasteiger partial charge on any atom is 0.573 e. The molecule has 0 unspecified atom stereocenters. The van der Waals surface area contributed by atoms with Gasteiger partial charge in [-0.2, -0.15) is 0 Å². The maximum absolute atomic E-state index is 12.9. The van der Waals surface area contributed by atoms with E-state index in [1.54, 1.807) is 27.7 Å². The highest BCUT2D eigenvalue weighted by Crippen LogP contribution is 2.44. The molecule has 4 rings (SSSR count). The number of anilines is 1. The van der Waals surface area contributed by atoms with Gasteiger partial charge in [-0.25, -0.2) is 0 Å². The second-order valence-electron chi connectivity index (χ2n) is 8.15. The van der Waals surface area contributed by atoms with E-state index in [1.165, 1.54) is 12.1 Å². The van der Waals surface area contributed by atoms with Crippen molar-refractivity contribution in [1.82, 2.24) is 0 Å². The number of rotatable bonds is 3. The third kappa shape index (κ3) is 4.40. The van der Waals surface area contributed by atoms with Crippen molar-refractivity contribution in [3.8, 4) is 5.75 Å². The number of ether oxygens (including phenoxy) is 6. The van der Waals surface area contributed by atoms with Crippen molar-refractivity contribution in [2.75, 3.05) is 5.32 Å². The Bertz CT molecular complexity index is 811. The van der Waals surface area contributed by atoms with Gasteiger partial charge in [0.15, 0.2) is 24.0 Å². The molecule has 1 amide bonds. The van der Waals surface area contributed by atoms with Crippen molar-refractivity contribution in [2.24, 2.45) is 0 Å². The molecule has 8 nitrogen and oxygen atoms in total. The average Bonchev–Trinajstić information content (AvgIpc) is 3.08. The van der Waals surface area contributed by atoms with E-state index in [-0.39, 0.29) is 5.69 Å². The lowest BCUT2D eigenvalue weighted by Crippen LogP contribution is -2.58. The first kappa shape index (κ1) is 21.3. The van der Waals surface area contributed by atoms with Gasteiger partial charge < -0.3 is 33.7 Å². The van der Waals surface area contributed by atoms with Gasteiger partial charge >= 0.3 is 6.36 Å². The Balaban J connectivity index is 1.49. The van der Waals surface area contributed by atoms with Crippen LogP contribution in [0.15, 0.2) is 24.3 Å². The zero-order valence-corrected chi connectivity index (χ0v) is 16.7. The number of nitrogens with one attached hydrogen (secondary N) is 1. The van der Waals surface area contributed by atoms with Crippen molar-refractivity contribution in [1.29, 1.82) is 0 Å². The predicted molar refractivity (Wildman–Crippen MR) is 94.3 cm³/mol. The van der Waals surface area contributed by atoms with Crippen LogP contribution in [0.25, 0.3) is 0 Å². The summed E-state index contributed by atoms with van der Waals surface area (Å²) < 4.78 is 70.0. The van der Waals surface area contributed by atoms with Gasteiger partial charge in [0.05, 0.1) is 0 Å². The fourth-order valence-corrected chi connectivity index (χ4v) is 3.78. The summed E-state index contributed by atoms with van der Waals surface area (Å²) in [5.74, 6) is -2.83. The Labute approximate surface area is 170 Å². The summed E-state index contributed by atoms with van der Waals surface area (Å²) in [5.41, 5.74) is 0.263. The van der Waals surface area contributed by atoms with Gasteiger partial charge in [0.1, 0.15) is 24.1 Å². The highest BCUT2D eigenvalue weighted by Gasteiger charge is 2.62. The van der Waals surface area contributed by atoms with Crippen LogP contribution < -0.4 is 10.1 Å². The molecular weight excluding hydrogens is 411 g/mol. The molecule has 0 radical (unpaired) electrons. The largest absolute Gasteiger partial charge is 0.573 e. The third-order valence-electron chi connectivity index (χ3n) is 4.77. The number of carbonyl (C=O) groups excluding carboxylic acids is 1. The summed E-state index contributed by atoms with van der Waals surface area (Å²) in [6.07, 6.45) is -8.64. The lowest BCUT2D eigenvalue weighted by atomic mass is 9.98. The molecule has 0 spiro atoms. The molecule has 1 aromatic rings. The number of alkyl halides is 3. The summed E-state index contributed by atoms with van der Waals surface area (Å²) in [5, 5.41) is 2.61. The SMILES string of the molecule is CC1(C)O[C@@H]2[C@@H](O1)[C@@H](C(=O)Nc1ccc(OC(F)(F)F)cc1)O[C@H]1OC(C)(C)O[C@@H]12. The highest BCUT2D eigenvalue weighted by molar-refractivity contribution is 5.94. The number of benzene rings is 1. The van der Waals surface area contributed by atoms with Crippen LogP contribution in [0.2, 0.25) is 0 Å². The van der Waals surface area contributed by atoms with Crippen LogP contribution in [0, 0.1) is 0 Å². The van der Waals surface area contributed by atoms with Crippen LogP contribution in [0.3, 0.4) is 0 Å². The standard InChI is InChI=1S/C19H22F3NO7/c1-17(2)27-11-12(28-17)14-16(30-18(3,4)29-14)25-13(11)15(24)23-9-5-7-10(8-6-9)26-19(20,21)22/h5-8,11-14,16H,1-4H3,(H,23,24)/t11-,12-,13+,14-,16+/m1/s1. The molecule has 1 aromatic carbocycles. The fourth-order valence-electron chi connectivity index (χ4n) is 3.78. The summed E-state index contributed by atoms with van der Waals surface area (Å²) in [4.78, 5) is 12.9. The first-order chi connectivity index (χ1) is 13.8. The molecule has 11 heteroatoms. The number of halogens is 3. The molecular formula is C19H22F3NO7. The molecule has 3 aliphatic heterocycles. The summed E-state index contributed by atoms with van der Waals surface area (Å²) >= 11 is 0. The minimum absolute atomic E-state index is 0.263. The number of fused-ring (bicyclic) bond motifs is 3. The van der Waals surface area contributed by atoms with Gasteiger partial charge in [0, 0.05) is 5.69 Å². The van der Waals surface area contributed by atoms with Crippen LogP contribution in [0.5, 0.6) is 5.75 Å². The molecule has 3 aliphatic rings. The van der Waals surface area contributed by atoms with Gasteiger partial charge in [-0.05, 0) is 52.0 Å². The number of amides is 1.